The Morgan fingerprint density at radius 2 is 1.12 bits per heavy atom. The third kappa shape index (κ3) is 3.48. The summed E-state index contributed by atoms with van der Waals surface area (Å²) >= 11 is 1.87. The number of furan rings is 1. The Bertz CT molecular complexity index is 3200. The fourth-order valence-corrected chi connectivity index (χ4v) is 10.7. The Morgan fingerprint density at radius 3 is 1.92 bits per heavy atom. The number of hydrogen-bond donors (Lipinski definition) is 0. The summed E-state index contributed by atoms with van der Waals surface area (Å²) in [5.74, 6) is 0. The molecule has 0 N–H and O–H groups in total. The molecule has 0 fully saturated rings. The average Bonchev–Trinajstić information content (AvgIpc) is 3.95. The summed E-state index contributed by atoms with van der Waals surface area (Å²) in [6.07, 6.45) is 0. The molecule has 11 aromatic rings. The maximum absolute atomic E-state index is 6.82. The maximum Gasteiger partial charge on any atom is 0.145 e. The fourth-order valence-electron chi connectivity index (χ4n) is 9.46. The topological polar surface area (TPSA) is 18.1 Å². The van der Waals surface area contributed by atoms with Crippen molar-refractivity contribution in [1.82, 2.24) is 4.57 Å². The zero-order valence-corrected chi connectivity index (χ0v) is 28.8. The molecule has 3 heteroatoms. The molecule has 1 aliphatic rings. The van der Waals surface area contributed by atoms with Crippen LogP contribution >= 0.6 is 11.3 Å². The Morgan fingerprint density at radius 1 is 0.481 bits per heavy atom. The predicted octanol–water partition coefficient (Wildman–Crippen LogP) is 13.4. The van der Waals surface area contributed by atoms with E-state index < -0.39 is 5.41 Å². The van der Waals surface area contributed by atoms with Gasteiger partial charge in [-0.25, -0.2) is 0 Å². The largest absolute Gasteiger partial charge is 0.455 e. The highest BCUT2D eigenvalue weighted by Gasteiger charge is 2.46. The van der Waals surface area contributed by atoms with Crippen LogP contribution < -0.4 is 0 Å². The Kier molecular flexibility index (Phi) is 5.62. The molecule has 0 saturated heterocycles. The van der Waals surface area contributed by atoms with Crippen LogP contribution in [0.5, 0.6) is 0 Å². The molecule has 0 aliphatic heterocycles. The van der Waals surface area contributed by atoms with E-state index in [1.54, 1.807) is 0 Å². The number of para-hydroxylation sites is 2. The number of thiophene rings is 1. The van der Waals surface area contributed by atoms with Crippen LogP contribution in [-0.4, -0.2) is 4.57 Å². The molecule has 8 aromatic carbocycles. The summed E-state index contributed by atoms with van der Waals surface area (Å²) in [7, 11) is 0. The van der Waals surface area contributed by atoms with Gasteiger partial charge < -0.3 is 8.98 Å². The van der Waals surface area contributed by atoms with Gasteiger partial charge in [-0.3, -0.25) is 0 Å². The molecule has 0 saturated carbocycles. The van der Waals surface area contributed by atoms with E-state index in [0.29, 0.717) is 0 Å². The van der Waals surface area contributed by atoms with Crippen molar-refractivity contribution < 1.29 is 4.42 Å². The standard InChI is InChI=1S/C49H29NOS/c1-3-15-30(16-4-1)49(31-17-5-2-6-18-31)38-23-11-7-19-33(38)34-28-27-32(29-39(34)49)50-40-24-12-8-20-35(40)43-44-36-21-9-13-25-41(36)51-47(44)45-37-22-10-14-26-42(37)52-48(45)46(43)50/h1-29H. The van der Waals surface area contributed by atoms with E-state index in [1.165, 1.54) is 80.7 Å². The van der Waals surface area contributed by atoms with Crippen molar-refractivity contribution in [1.29, 1.82) is 0 Å². The van der Waals surface area contributed by atoms with Gasteiger partial charge in [0.05, 0.1) is 21.1 Å². The smallest absolute Gasteiger partial charge is 0.145 e. The summed E-state index contributed by atoms with van der Waals surface area (Å²) in [6, 6.07) is 64.5. The second kappa shape index (κ2) is 10.3. The van der Waals surface area contributed by atoms with Crippen molar-refractivity contribution in [2.24, 2.45) is 0 Å². The van der Waals surface area contributed by atoms with Gasteiger partial charge in [-0.2, -0.15) is 0 Å². The average molecular weight is 680 g/mol. The van der Waals surface area contributed by atoms with Crippen LogP contribution in [0.4, 0.5) is 0 Å². The van der Waals surface area contributed by atoms with Gasteiger partial charge in [0.2, 0.25) is 0 Å². The third-order valence-corrected chi connectivity index (χ3v) is 12.6. The maximum atomic E-state index is 6.82. The van der Waals surface area contributed by atoms with Crippen LogP contribution in [0, 0.1) is 0 Å². The predicted molar refractivity (Wildman–Crippen MR) is 218 cm³/mol. The van der Waals surface area contributed by atoms with Gasteiger partial charge in [-0.1, -0.05) is 146 Å². The van der Waals surface area contributed by atoms with Crippen LogP contribution in [-0.2, 0) is 5.41 Å². The Hall–Kier alpha value is -6.42. The molecule has 52 heavy (non-hydrogen) atoms. The van der Waals surface area contributed by atoms with E-state index in [2.05, 4.69) is 180 Å². The number of nitrogens with zero attached hydrogens (tertiary/aromatic N) is 1. The molecular formula is C49H29NOS. The lowest BCUT2D eigenvalue weighted by molar-refractivity contribution is 0.673. The van der Waals surface area contributed by atoms with Gasteiger partial charge in [0, 0.05) is 42.7 Å². The highest BCUT2D eigenvalue weighted by Crippen LogP contribution is 2.57. The summed E-state index contributed by atoms with van der Waals surface area (Å²) < 4.78 is 11.9. The molecule has 0 amide bonds. The van der Waals surface area contributed by atoms with Crippen LogP contribution in [0.15, 0.2) is 180 Å². The second-order valence-electron chi connectivity index (χ2n) is 13.9. The quantitative estimate of drug-likeness (QED) is 0.182. The minimum Gasteiger partial charge on any atom is -0.455 e. The lowest BCUT2D eigenvalue weighted by Crippen LogP contribution is -2.28. The van der Waals surface area contributed by atoms with E-state index >= 15 is 0 Å². The first-order chi connectivity index (χ1) is 25.8. The highest BCUT2D eigenvalue weighted by molar-refractivity contribution is 7.27. The fraction of sp³-hybridized carbons (Fsp3) is 0.0204. The molecule has 3 aromatic heterocycles. The summed E-state index contributed by atoms with van der Waals surface area (Å²) in [4.78, 5) is 0. The molecule has 242 valence electrons. The molecule has 2 nitrogen and oxygen atoms in total. The van der Waals surface area contributed by atoms with Crippen LogP contribution in [0.2, 0.25) is 0 Å². The van der Waals surface area contributed by atoms with Crippen molar-refractivity contribution in [3.63, 3.8) is 0 Å². The zero-order chi connectivity index (χ0) is 34.0. The number of aromatic nitrogens is 1. The molecule has 0 unspecified atom stereocenters. The molecule has 3 heterocycles. The summed E-state index contributed by atoms with van der Waals surface area (Å²) in [6.45, 7) is 0. The van der Waals surface area contributed by atoms with E-state index in [0.717, 1.165) is 22.2 Å². The van der Waals surface area contributed by atoms with Crippen molar-refractivity contribution in [2.45, 2.75) is 5.41 Å². The molecular weight excluding hydrogens is 651 g/mol. The normalized spacial score (nSPS) is 13.5. The van der Waals surface area contributed by atoms with Crippen molar-refractivity contribution in [3.8, 4) is 16.8 Å². The van der Waals surface area contributed by atoms with E-state index in [4.69, 9.17) is 4.42 Å². The third-order valence-electron chi connectivity index (χ3n) is 11.5. The van der Waals surface area contributed by atoms with Gasteiger partial charge in [0.25, 0.3) is 0 Å². The number of benzene rings is 8. The first-order valence-electron chi connectivity index (χ1n) is 17.9. The van der Waals surface area contributed by atoms with Crippen molar-refractivity contribution >= 4 is 75.3 Å². The van der Waals surface area contributed by atoms with Crippen LogP contribution in [0.3, 0.4) is 0 Å². The highest BCUT2D eigenvalue weighted by atomic mass is 32.1. The first kappa shape index (κ1) is 28.3. The molecule has 0 atom stereocenters. The molecule has 0 bridgehead atoms. The molecule has 0 spiro atoms. The first-order valence-corrected chi connectivity index (χ1v) is 18.7. The minimum absolute atomic E-state index is 0.482. The van der Waals surface area contributed by atoms with Gasteiger partial charge in [0.15, 0.2) is 0 Å². The van der Waals surface area contributed by atoms with Crippen LogP contribution in [0.25, 0.3) is 80.7 Å². The van der Waals surface area contributed by atoms with Gasteiger partial charge >= 0.3 is 0 Å². The second-order valence-corrected chi connectivity index (χ2v) is 15.0. The zero-order valence-electron chi connectivity index (χ0n) is 28.0. The van der Waals surface area contributed by atoms with E-state index in [9.17, 15) is 0 Å². The van der Waals surface area contributed by atoms with Crippen molar-refractivity contribution in [2.75, 3.05) is 0 Å². The van der Waals surface area contributed by atoms with E-state index in [-0.39, 0.29) is 0 Å². The number of fused-ring (bicyclic) bond motifs is 15. The summed E-state index contributed by atoms with van der Waals surface area (Å²) in [5.41, 5.74) is 12.7. The number of rotatable bonds is 3. The molecule has 0 radical (unpaired) electrons. The Labute approximate surface area is 303 Å². The van der Waals surface area contributed by atoms with Gasteiger partial charge in [-0.15, -0.1) is 11.3 Å². The van der Waals surface area contributed by atoms with Crippen molar-refractivity contribution in [3.05, 3.63) is 198 Å². The Balaban J connectivity index is 1.28. The minimum atomic E-state index is -0.482. The lowest BCUT2D eigenvalue weighted by Gasteiger charge is -2.34. The number of hydrogen-bond acceptors (Lipinski definition) is 2. The van der Waals surface area contributed by atoms with E-state index in [1.807, 2.05) is 11.3 Å². The van der Waals surface area contributed by atoms with Gasteiger partial charge in [0.1, 0.15) is 11.2 Å². The SMILES string of the molecule is c1ccc(C2(c3ccccc3)c3ccccc3-c3ccc(-n4c5ccccc5c5c6c7ccccc7oc6c6c7ccccc7sc6c54)cc32)cc1. The van der Waals surface area contributed by atoms with Crippen LogP contribution in [0.1, 0.15) is 22.3 Å². The lowest BCUT2D eigenvalue weighted by atomic mass is 9.67. The van der Waals surface area contributed by atoms with Gasteiger partial charge in [-0.05, 0) is 63.7 Å². The molecule has 1 aliphatic carbocycles. The monoisotopic (exact) mass is 679 g/mol. The molecule has 12 rings (SSSR count). The summed E-state index contributed by atoms with van der Waals surface area (Å²) in [5, 5.41) is 7.25.